The molecule has 6 heteroatoms. The van der Waals surface area contributed by atoms with Crippen molar-refractivity contribution in [3.8, 4) is 0 Å². The molecule has 1 N–H and O–H groups in total. The van der Waals surface area contributed by atoms with Crippen molar-refractivity contribution in [3.63, 3.8) is 0 Å². The second-order valence-corrected chi connectivity index (χ2v) is 8.13. The van der Waals surface area contributed by atoms with Crippen LogP contribution in [0.5, 0.6) is 0 Å². The van der Waals surface area contributed by atoms with Gasteiger partial charge in [-0.15, -0.1) is 11.8 Å². The van der Waals surface area contributed by atoms with E-state index in [2.05, 4.69) is 13.8 Å². The number of amides is 1. The Morgan fingerprint density at radius 1 is 1.38 bits per heavy atom. The van der Waals surface area contributed by atoms with Crippen LogP contribution in [0.4, 0.5) is 0 Å². The molecule has 0 radical (unpaired) electrons. The first-order valence-electron chi connectivity index (χ1n) is 8.17. The van der Waals surface area contributed by atoms with Crippen LogP contribution in [-0.4, -0.2) is 53.9 Å². The van der Waals surface area contributed by atoms with Crippen molar-refractivity contribution in [3.05, 3.63) is 29.8 Å². The third-order valence-corrected chi connectivity index (χ3v) is 5.30. The molecule has 1 amide bonds. The first-order chi connectivity index (χ1) is 11.4. The molecular formula is C18H25NO4S. The fourth-order valence-corrected chi connectivity index (χ4v) is 4.05. The second-order valence-electron chi connectivity index (χ2n) is 6.51. The molecule has 1 saturated heterocycles. The first-order valence-corrected chi connectivity index (χ1v) is 9.05. The van der Waals surface area contributed by atoms with Gasteiger partial charge < -0.3 is 14.7 Å². The number of nitrogens with zero attached hydrogens (tertiary/aromatic N) is 1. The molecule has 2 rings (SSSR count). The summed E-state index contributed by atoms with van der Waals surface area (Å²) in [7, 11) is 1.50. The van der Waals surface area contributed by atoms with Gasteiger partial charge in [0.05, 0.1) is 12.2 Å². The van der Waals surface area contributed by atoms with Crippen molar-refractivity contribution in [2.75, 3.05) is 26.8 Å². The van der Waals surface area contributed by atoms with Crippen LogP contribution in [-0.2, 0) is 9.53 Å². The number of piperidine rings is 1. The monoisotopic (exact) mass is 351 g/mol. The molecule has 1 aromatic carbocycles. The standard InChI is InChI=1S/C18H25NO4S/c1-13(2)24-15-8-5-4-7-14(15)16(20)19-10-6-9-18(11-19,12-23-3)17(21)22/h4-5,7-8,13H,6,9-12H2,1-3H3,(H,21,22). The van der Waals surface area contributed by atoms with Gasteiger partial charge in [0.2, 0.25) is 0 Å². The minimum absolute atomic E-state index is 0.0971. The zero-order chi connectivity index (χ0) is 17.7. The molecule has 5 nitrogen and oxygen atoms in total. The number of benzene rings is 1. The molecule has 1 atom stereocenters. The Balaban J connectivity index is 2.25. The van der Waals surface area contributed by atoms with E-state index in [1.54, 1.807) is 16.7 Å². The van der Waals surface area contributed by atoms with E-state index in [1.807, 2.05) is 24.3 Å². The van der Waals surface area contributed by atoms with Gasteiger partial charge in [-0.1, -0.05) is 26.0 Å². The highest BCUT2D eigenvalue weighted by atomic mass is 32.2. The van der Waals surface area contributed by atoms with Crippen molar-refractivity contribution in [1.29, 1.82) is 0 Å². The summed E-state index contributed by atoms with van der Waals surface area (Å²) < 4.78 is 5.13. The van der Waals surface area contributed by atoms with Crippen molar-refractivity contribution in [1.82, 2.24) is 4.90 Å². The second kappa shape index (κ2) is 8.03. The lowest BCUT2D eigenvalue weighted by Gasteiger charge is -2.39. The molecule has 1 aliphatic rings. The van der Waals surface area contributed by atoms with E-state index in [9.17, 15) is 14.7 Å². The van der Waals surface area contributed by atoms with Gasteiger partial charge in [0.25, 0.3) is 5.91 Å². The number of carboxylic acid groups (broad SMARTS) is 1. The van der Waals surface area contributed by atoms with Crippen LogP contribution in [0.25, 0.3) is 0 Å². The summed E-state index contributed by atoms with van der Waals surface area (Å²) in [6.07, 6.45) is 1.20. The summed E-state index contributed by atoms with van der Waals surface area (Å²) >= 11 is 1.65. The van der Waals surface area contributed by atoms with Crippen molar-refractivity contribution >= 4 is 23.6 Å². The van der Waals surface area contributed by atoms with Gasteiger partial charge >= 0.3 is 5.97 Å². The summed E-state index contributed by atoms with van der Waals surface area (Å²) in [5.41, 5.74) is -0.363. The Hall–Kier alpha value is -1.53. The fraction of sp³-hybridized carbons (Fsp3) is 0.556. The minimum atomic E-state index is -1.01. The Kier molecular flexibility index (Phi) is 6.29. The van der Waals surface area contributed by atoms with Crippen molar-refractivity contribution < 1.29 is 19.4 Å². The number of aliphatic carboxylic acids is 1. The van der Waals surface area contributed by atoms with Gasteiger partial charge in [-0.3, -0.25) is 9.59 Å². The van der Waals surface area contributed by atoms with Gasteiger partial charge in [0, 0.05) is 30.3 Å². The lowest BCUT2D eigenvalue weighted by atomic mass is 9.80. The third-order valence-electron chi connectivity index (χ3n) is 4.22. The van der Waals surface area contributed by atoms with Crippen molar-refractivity contribution in [2.24, 2.45) is 5.41 Å². The SMILES string of the molecule is COCC1(C(=O)O)CCCN(C(=O)c2ccccc2SC(C)C)C1. The Bertz CT molecular complexity index is 600. The quantitative estimate of drug-likeness (QED) is 0.798. The number of ether oxygens (including phenoxy) is 1. The van der Waals surface area contributed by atoms with Gasteiger partial charge in [-0.25, -0.2) is 0 Å². The fourth-order valence-electron chi connectivity index (χ4n) is 3.11. The third kappa shape index (κ3) is 4.11. The van der Waals surface area contributed by atoms with E-state index in [0.29, 0.717) is 30.2 Å². The number of hydrogen-bond acceptors (Lipinski definition) is 4. The van der Waals surface area contributed by atoms with E-state index >= 15 is 0 Å². The Labute approximate surface area is 147 Å². The Morgan fingerprint density at radius 3 is 2.71 bits per heavy atom. The summed E-state index contributed by atoms with van der Waals surface area (Å²) in [5.74, 6) is -0.994. The molecule has 1 fully saturated rings. The molecule has 0 bridgehead atoms. The van der Waals surface area contributed by atoms with Gasteiger partial charge in [0.1, 0.15) is 5.41 Å². The number of rotatable bonds is 6. The zero-order valence-corrected chi connectivity index (χ0v) is 15.3. The molecule has 0 aromatic heterocycles. The smallest absolute Gasteiger partial charge is 0.313 e. The normalized spacial score (nSPS) is 21.1. The molecule has 0 saturated carbocycles. The predicted octanol–water partition coefficient (Wildman–Crippen LogP) is 3.14. The molecule has 1 heterocycles. The highest BCUT2D eigenvalue weighted by Crippen LogP contribution is 2.33. The first kappa shape index (κ1) is 18.8. The Morgan fingerprint density at radius 2 is 2.08 bits per heavy atom. The molecular weight excluding hydrogens is 326 g/mol. The van der Waals surface area contributed by atoms with Crippen LogP contribution in [0.2, 0.25) is 0 Å². The molecule has 1 unspecified atom stereocenters. The maximum atomic E-state index is 13.0. The maximum absolute atomic E-state index is 13.0. The molecule has 1 aromatic rings. The average molecular weight is 351 g/mol. The zero-order valence-electron chi connectivity index (χ0n) is 14.4. The van der Waals surface area contributed by atoms with Crippen LogP contribution < -0.4 is 0 Å². The van der Waals surface area contributed by atoms with Gasteiger partial charge in [-0.05, 0) is 25.0 Å². The number of likely N-dealkylation sites (tertiary alicyclic amines) is 1. The molecule has 24 heavy (non-hydrogen) atoms. The van der Waals surface area contributed by atoms with E-state index in [1.165, 1.54) is 7.11 Å². The minimum Gasteiger partial charge on any atom is -0.481 e. The summed E-state index contributed by atoms with van der Waals surface area (Å²) in [6.45, 7) is 5.06. The number of hydrogen-bond donors (Lipinski definition) is 1. The summed E-state index contributed by atoms with van der Waals surface area (Å²) in [5, 5.41) is 10.0. The lowest BCUT2D eigenvalue weighted by Crippen LogP contribution is -2.52. The molecule has 0 aliphatic carbocycles. The van der Waals surface area contributed by atoms with Crippen LogP contribution in [0, 0.1) is 5.41 Å². The van der Waals surface area contributed by atoms with Gasteiger partial charge in [-0.2, -0.15) is 0 Å². The lowest BCUT2D eigenvalue weighted by molar-refractivity contribution is -0.155. The highest BCUT2D eigenvalue weighted by molar-refractivity contribution is 8.00. The van der Waals surface area contributed by atoms with E-state index in [4.69, 9.17) is 4.74 Å². The number of carboxylic acids is 1. The summed E-state index contributed by atoms with van der Waals surface area (Å²) in [6, 6.07) is 7.53. The molecule has 132 valence electrons. The largest absolute Gasteiger partial charge is 0.481 e. The van der Waals surface area contributed by atoms with E-state index in [-0.39, 0.29) is 19.1 Å². The molecule has 0 spiro atoms. The number of thioether (sulfide) groups is 1. The molecule has 1 aliphatic heterocycles. The predicted molar refractivity (Wildman–Crippen MR) is 94.5 cm³/mol. The average Bonchev–Trinajstić information content (AvgIpc) is 2.54. The van der Waals surface area contributed by atoms with Crippen LogP contribution in [0.15, 0.2) is 29.2 Å². The van der Waals surface area contributed by atoms with E-state index in [0.717, 1.165) is 4.90 Å². The number of carbonyl (C=O) groups excluding carboxylic acids is 1. The number of carbonyl (C=O) groups is 2. The van der Waals surface area contributed by atoms with Crippen LogP contribution in [0.3, 0.4) is 0 Å². The summed E-state index contributed by atoms with van der Waals surface area (Å²) in [4.78, 5) is 27.4. The highest BCUT2D eigenvalue weighted by Gasteiger charge is 2.44. The van der Waals surface area contributed by atoms with Crippen molar-refractivity contribution in [2.45, 2.75) is 36.8 Å². The topological polar surface area (TPSA) is 66.8 Å². The van der Waals surface area contributed by atoms with Crippen LogP contribution in [0.1, 0.15) is 37.0 Å². The van der Waals surface area contributed by atoms with Crippen LogP contribution >= 0.6 is 11.8 Å². The van der Waals surface area contributed by atoms with E-state index < -0.39 is 11.4 Å². The van der Waals surface area contributed by atoms with Gasteiger partial charge in [0.15, 0.2) is 0 Å². The number of methoxy groups -OCH3 is 1. The maximum Gasteiger partial charge on any atom is 0.313 e.